The van der Waals surface area contributed by atoms with Crippen LogP contribution in [0.2, 0.25) is 0 Å². The molecule has 1 amide bonds. The lowest BCUT2D eigenvalue weighted by Crippen LogP contribution is -2.50. The fourth-order valence-electron chi connectivity index (χ4n) is 1.85. The van der Waals surface area contributed by atoms with E-state index in [4.69, 9.17) is 6.42 Å². The summed E-state index contributed by atoms with van der Waals surface area (Å²) in [5, 5.41) is 2.65. The molecule has 0 spiro atoms. The largest absolute Gasteiger partial charge is 0.344 e. The molecule has 0 aromatic rings. The van der Waals surface area contributed by atoms with Gasteiger partial charge in [-0.25, -0.2) is 0 Å². The van der Waals surface area contributed by atoms with Crippen molar-refractivity contribution >= 4 is 11.7 Å². The van der Waals surface area contributed by atoms with Crippen LogP contribution in [-0.2, 0) is 9.59 Å². The maximum atomic E-state index is 11.7. The molecule has 1 rings (SSSR count). The maximum Gasteiger partial charge on any atom is 0.237 e. The Morgan fingerprint density at radius 1 is 1.75 bits per heavy atom. The number of rotatable bonds is 3. The molecule has 2 atom stereocenters. The van der Waals surface area contributed by atoms with Gasteiger partial charge in [0.05, 0.1) is 12.6 Å². The normalized spacial score (nSPS) is 23.6. The Bertz CT molecular complexity index is 319. The van der Waals surface area contributed by atoms with Gasteiger partial charge in [-0.05, 0) is 6.92 Å². The lowest BCUT2D eigenvalue weighted by molar-refractivity contribution is -0.131. The number of ketones is 1. The molecule has 1 aliphatic heterocycles. The van der Waals surface area contributed by atoms with Crippen molar-refractivity contribution in [2.75, 3.05) is 19.6 Å². The minimum absolute atomic E-state index is 0.0247. The van der Waals surface area contributed by atoms with Gasteiger partial charge in [-0.3, -0.25) is 14.5 Å². The van der Waals surface area contributed by atoms with Gasteiger partial charge in [0.2, 0.25) is 5.91 Å². The van der Waals surface area contributed by atoms with Gasteiger partial charge in [0, 0.05) is 25.4 Å². The Balaban J connectivity index is 2.48. The Morgan fingerprint density at radius 3 is 3.00 bits per heavy atom. The fraction of sp³-hybridized carbons (Fsp3) is 0.667. The third kappa shape index (κ3) is 3.07. The summed E-state index contributed by atoms with van der Waals surface area (Å²) < 4.78 is 0. The molecule has 1 fully saturated rings. The van der Waals surface area contributed by atoms with Crippen molar-refractivity contribution in [1.29, 1.82) is 0 Å². The molecule has 4 nitrogen and oxygen atoms in total. The minimum atomic E-state index is -0.219. The second-order valence-corrected chi connectivity index (χ2v) is 4.21. The fourth-order valence-corrected chi connectivity index (χ4v) is 1.85. The van der Waals surface area contributed by atoms with Crippen molar-refractivity contribution in [3.8, 4) is 12.3 Å². The molecule has 1 heterocycles. The van der Waals surface area contributed by atoms with Crippen LogP contribution >= 0.6 is 0 Å². The summed E-state index contributed by atoms with van der Waals surface area (Å²) >= 11 is 0. The summed E-state index contributed by atoms with van der Waals surface area (Å²) in [6.07, 6.45) is 5.61. The van der Waals surface area contributed by atoms with E-state index < -0.39 is 0 Å². The van der Waals surface area contributed by atoms with Gasteiger partial charge in [0.25, 0.3) is 0 Å². The van der Waals surface area contributed by atoms with Crippen molar-refractivity contribution in [3.05, 3.63) is 0 Å². The topological polar surface area (TPSA) is 49.4 Å². The number of Topliss-reactive ketones (excluding diaryl/α,β-unsaturated/α-hetero) is 1. The lowest BCUT2D eigenvalue weighted by atomic mass is 9.97. The lowest BCUT2D eigenvalue weighted by Gasteiger charge is -2.33. The number of nitrogens with one attached hydrogen (secondary N) is 1. The third-order valence-corrected chi connectivity index (χ3v) is 3.00. The van der Waals surface area contributed by atoms with E-state index in [9.17, 15) is 9.59 Å². The third-order valence-electron chi connectivity index (χ3n) is 3.00. The van der Waals surface area contributed by atoms with E-state index in [1.807, 2.05) is 18.7 Å². The molecule has 0 aliphatic carbocycles. The van der Waals surface area contributed by atoms with Crippen molar-refractivity contribution in [2.45, 2.75) is 26.3 Å². The van der Waals surface area contributed by atoms with E-state index in [1.54, 1.807) is 0 Å². The summed E-state index contributed by atoms with van der Waals surface area (Å²) in [6, 6.07) is -0.219. The van der Waals surface area contributed by atoms with E-state index >= 15 is 0 Å². The Hall–Kier alpha value is -1.34. The smallest absolute Gasteiger partial charge is 0.237 e. The van der Waals surface area contributed by atoms with Crippen LogP contribution in [0.5, 0.6) is 0 Å². The molecule has 0 bridgehead atoms. The molecular weight excluding hydrogens is 204 g/mol. The van der Waals surface area contributed by atoms with Crippen LogP contribution < -0.4 is 5.32 Å². The van der Waals surface area contributed by atoms with Gasteiger partial charge < -0.3 is 5.32 Å². The number of hydrogen-bond acceptors (Lipinski definition) is 3. The number of likely N-dealkylation sites (tertiary alicyclic amines) is 1. The molecule has 0 aromatic carbocycles. The van der Waals surface area contributed by atoms with Crippen LogP contribution in [0.1, 0.15) is 20.3 Å². The predicted octanol–water partition coefficient (Wildman–Crippen LogP) is 0.0352. The summed E-state index contributed by atoms with van der Waals surface area (Å²) in [4.78, 5) is 25.0. The van der Waals surface area contributed by atoms with Gasteiger partial charge in [-0.15, -0.1) is 6.42 Å². The second kappa shape index (κ2) is 5.66. The molecule has 1 aliphatic rings. The van der Waals surface area contributed by atoms with Crippen LogP contribution in [-0.4, -0.2) is 42.3 Å². The molecule has 1 saturated heterocycles. The number of carbonyl (C=O) groups excluding carboxylic acids is 2. The first-order chi connectivity index (χ1) is 7.56. The number of terminal acetylenes is 1. The van der Waals surface area contributed by atoms with Gasteiger partial charge >= 0.3 is 0 Å². The zero-order valence-electron chi connectivity index (χ0n) is 9.82. The first-order valence-electron chi connectivity index (χ1n) is 5.54. The van der Waals surface area contributed by atoms with Crippen LogP contribution in [0.4, 0.5) is 0 Å². The zero-order valence-corrected chi connectivity index (χ0v) is 9.82. The highest BCUT2D eigenvalue weighted by molar-refractivity contribution is 5.84. The van der Waals surface area contributed by atoms with Crippen molar-refractivity contribution in [2.24, 2.45) is 5.92 Å². The van der Waals surface area contributed by atoms with E-state index in [1.165, 1.54) is 0 Å². The second-order valence-electron chi connectivity index (χ2n) is 4.21. The van der Waals surface area contributed by atoms with E-state index in [2.05, 4.69) is 11.2 Å². The molecule has 0 saturated carbocycles. The number of hydrogen-bond donors (Lipinski definition) is 1. The highest BCUT2D eigenvalue weighted by Gasteiger charge is 2.29. The van der Waals surface area contributed by atoms with E-state index in [0.29, 0.717) is 19.5 Å². The molecule has 2 unspecified atom stereocenters. The van der Waals surface area contributed by atoms with Gasteiger partial charge in [-0.2, -0.15) is 0 Å². The number of piperidine rings is 1. The van der Waals surface area contributed by atoms with Crippen LogP contribution in [0.25, 0.3) is 0 Å². The average Bonchev–Trinajstić information content (AvgIpc) is 2.28. The Morgan fingerprint density at radius 2 is 2.44 bits per heavy atom. The quantitative estimate of drug-likeness (QED) is 0.686. The minimum Gasteiger partial charge on any atom is -0.344 e. The average molecular weight is 222 g/mol. The first-order valence-corrected chi connectivity index (χ1v) is 5.54. The number of carbonyl (C=O) groups is 2. The van der Waals surface area contributed by atoms with E-state index in [0.717, 1.165) is 0 Å². The Kier molecular flexibility index (Phi) is 4.51. The Labute approximate surface area is 96.4 Å². The van der Waals surface area contributed by atoms with Crippen LogP contribution in [0.15, 0.2) is 0 Å². The number of nitrogens with zero attached hydrogens (tertiary/aromatic N) is 1. The monoisotopic (exact) mass is 222 g/mol. The molecule has 0 aromatic heterocycles. The SMILES string of the molecule is C#CCNC(=O)C(C)N1CCC(=O)C(C)C1. The standard InChI is InChI=1S/C12H18N2O2/c1-4-6-13-12(16)10(3)14-7-5-11(15)9(2)8-14/h1,9-10H,5-8H2,2-3H3,(H,13,16). The van der Waals surface area contributed by atoms with Gasteiger partial charge in [0.1, 0.15) is 5.78 Å². The van der Waals surface area contributed by atoms with Crippen molar-refractivity contribution in [3.63, 3.8) is 0 Å². The van der Waals surface area contributed by atoms with Gasteiger partial charge in [-0.1, -0.05) is 12.8 Å². The predicted molar refractivity (Wildman–Crippen MR) is 61.7 cm³/mol. The highest BCUT2D eigenvalue weighted by atomic mass is 16.2. The molecule has 88 valence electrons. The zero-order chi connectivity index (χ0) is 12.1. The summed E-state index contributed by atoms with van der Waals surface area (Å²) in [6.45, 7) is 5.32. The maximum absolute atomic E-state index is 11.7. The molecule has 0 radical (unpaired) electrons. The first kappa shape index (κ1) is 12.7. The molecule has 1 N–H and O–H groups in total. The highest BCUT2D eigenvalue weighted by Crippen LogP contribution is 2.14. The summed E-state index contributed by atoms with van der Waals surface area (Å²) in [5.74, 6) is 2.61. The number of amides is 1. The van der Waals surface area contributed by atoms with E-state index in [-0.39, 0.29) is 30.2 Å². The summed E-state index contributed by atoms with van der Waals surface area (Å²) in [5.41, 5.74) is 0. The van der Waals surface area contributed by atoms with Crippen LogP contribution in [0, 0.1) is 18.3 Å². The molecule has 16 heavy (non-hydrogen) atoms. The van der Waals surface area contributed by atoms with Crippen molar-refractivity contribution in [1.82, 2.24) is 10.2 Å². The van der Waals surface area contributed by atoms with Crippen molar-refractivity contribution < 1.29 is 9.59 Å². The summed E-state index contributed by atoms with van der Waals surface area (Å²) in [7, 11) is 0. The molecule has 4 heteroatoms. The molecular formula is C12H18N2O2. The van der Waals surface area contributed by atoms with Crippen LogP contribution in [0.3, 0.4) is 0 Å². The van der Waals surface area contributed by atoms with Gasteiger partial charge in [0.15, 0.2) is 0 Å².